The number of nitrogens with one attached hydrogen (secondary N) is 1. The molecule has 0 aliphatic carbocycles. The SMILES string of the molecule is Cl.NCc1cccc(C(=O)Nc2nc3ccccc3s2)c1. The highest BCUT2D eigenvalue weighted by atomic mass is 35.5. The number of carbonyl (C=O) groups is 1. The lowest BCUT2D eigenvalue weighted by Gasteiger charge is -2.03. The Bertz CT molecular complexity index is 739. The highest BCUT2D eigenvalue weighted by Gasteiger charge is 2.09. The summed E-state index contributed by atoms with van der Waals surface area (Å²) in [5.74, 6) is -0.167. The highest BCUT2D eigenvalue weighted by Crippen LogP contribution is 2.25. The maximum absolute atomic E-state index is 12.2. The predicted octanol–water partition coefficient (Wildman–Crippen LogP) is 3.43. The van der Waals surface area contributed by atoms with Gasteiger partial charge in [0.15, 0.2) is 5.13 Å². The van der Waals surface area contributed by atoms with E-state index in [9.17, 15) is 4.79 Å². The first-order valence-corrected chi connectivity index (χ1v) is 7.04. The largest absolute Gasteiger partial charge is 0.326 e. The zero-order chi connectivity index (χ0) is 13.9. The standard InChI is InChI=1S/C15H13N3OS.ClH/c16-9-10-4-3-5-11(8-10)14(19)18-15-17-12-6-1-2-7-13(12)20-15;/h1-8H,9,16H2,(H,17,18,19);1H. The van der Waals surface area contributed by atoms with Gasteiger partial charge in [0, 0.05) is 12.1 Å². The molecule has 0 aliphatic heterocycles. The van der Waals surface area contributed by atoms with Crippen molar-refractivity contribution < 1.29 is 4.79 Å². The van der Waals surface area contributed by atoms with Gasteiger partial charge in [0.2, 0.25) is 0 Å². The molecule has 3 rings (SSSR count). The van der Waals surface area contributed by atoms with E-state index in [1.165, 1.54) is 11.3 Å². The van der Waals surface area contributed by atoms with Crippen LogP contribution < -0.4 is 11.1 Å². The summed E-state index contributed by atoms with van der Waals surface area (Å²) in [5.41, 5.74) is 7.99. The molecule has 0 fully saturated rings. The number of rotatable bonds is 3. The number of amides is 1. The van der Waals surface area contributed by atoms with Crippen molar-refractivity contribution in [3.63, 3.8) is 0 Å². The van der Waals surface area contributed by atoms with Gasteiger partial charge in [-0.15, -0.1) is 12.4 Å². The molecule has 2 aromatic carbocycles. The summed E-state index contributed by atoms with van der Waals surface area (Å²) in [6.07, 6.45) is 0. The number of hydrogen-bond acceptors (Lipinski definition) is 4. The molecule has 0 saturated heterocycles. The van der Waals surface area contributed by atoms with Crippen LogP contribution in [0.1, 0.15) is 15.9 Å². The minimum absolute atomic E-state index is 0. The summed E-state index contributed by atoms with van der Waals surface area (Å²) in [4.78, 5) is 16.6. The molecule has 0 atom stereocenters. The molecular formula is C15H14ClN3OS. The van der Waals surface area contributed by atoms with E-state index in [2.05, 4.69) is 10.3 Å². The zero-order valence-electron chi connectivity index (χ0n) is 11.1. The first-order chi connectivity index (χ1) is 9.76. The van der Waals surface area contributed by atoms with Crippen molar-refractivity contribution in [2.45, 2.75) is 6.54 Å². The van der Waals surface area contributed by atoms with Crippen molar-refractivity contribution >= 4 is 45.0 Å². The number of thiazole rings is 1. The summed E-state index contributed by atoms with van der Waals surface area (Å²) < 4.78 is 1.05. The summed E-state index contributed by atoms with van der Waals surface area (Å²) in [5, 5.41) is 3.43. The van der Waals surface area contributed by atoms with Crippen LogP contribution >= 0.6 is 23.7 Å². The number of carbonyl (C=O) groups excluding carboxylic acids is 1. The third kappa shape index (κ3) is 3.39. The zero-order valence-corrected chi connectivity index (χ0v) is 12.7. The second kappa shape index (κ2) is 6.67. The monoisotopic (exact) mass is 319 g/mol. The number of aromatic nitrogens is 1. The summed E-state index contributed by atoms with van der Waals surface area (Å²) in [7, 11) is 0. The number of fused-ring (bicyclic) bond motifs is 1. The summed E-state index contributed by atoms with van der Waals surface area (Å²) in [6.45, 7) is 0.419. The Balaban J connectivity index is 0.00000161. The maximum atomic E-state index is 12.2. The van der Waals surface area contributed by atoms with Crippen LogP contribution in [0, 0.1) is 0 Å². The minimum Gasteiger partial charge on any atom is -0.326 e. The molecule has 108 valence electrons. The van der Waals surface area contributed by atoms with Crippen molar-refractivity contribution in [2.24, 2.45) is 5.73 Å². The van der Waals surface area contributed by atoms with E-state index in [4.69, 9.17) is 5.73 Å². The minimum atomic E-state index is -0.167. The van der Waals surface area contributed by atoms with E-state index in [-0.39, 0.29) is 18.3 Å². The first-order valence-electron chi connectivity index (χ1n) is 6.22. The maximum Gasteiger partial charge on any atom is 0.257 e. The molecule has 6 heteroatoms. The van der Waals surface area contributed by atoms with Crippen LogP contribution in [-0.4, -0.2) is 10.9 Å². The molecule has 21 heavy (non-hydrogen) atoms. The number of halogens is 1. The fourth-order valence-electron chi connectivity index (χ4n) is 1.93. The highest BCUT2D eigenvalue weighted by molar-refractivity contribution is 7.22. The predicted molar refractivity (Wildman–Crippen MR) is 89.2 cm³/mol. The lowest BCUT2D eigenvalue weighted by molar-refractivity contribution is 0.102. The van der Waals surface area contributed by atoms with E-state index >= 15 is 0 Å². The molecule has 3 aromatic rings. The summed E-state index contributed by atoms with van der Waals surface area (Å²) in [6, 6.07) is 15.1. The molecule has 0 aliphatic rings. The van der Waals surface area contributed by atoms with Gasteiger partial charge in [-0.25, -0.2) is 4.98 Å². The molecule has 0 saturated carbocycles. The van der Waals surface area contributed by atoms with Crippen LogP contribution in [0.25, 0.3) is 10.2 Å². The van der Waals surface area contributed by atoms with Crippen molar-refractivity contribution in [3.05, 3.63) is 59.7 Å². The average Bonchev–Trinajstić information content (AvgIpc) is 2.89. The van der Waals surface area contributed by atoms with Gasteiger partial charge >= 0.3 is 0 Å². The van der Waals surface area contributed by atoms with Gasteiger partial charge in [0.1, 0.15) is 0 Å². The molecule has 0 unspecified atom stereocenters. The molecule has 1 amide bonds. The Morgan fingerprint density at radius 2 is 2.00 bits per heavy atom. The Morgan fingerprint density at radius 3 is 2.76 bits per heavy atom. The van der Waals surface area contributed by atoms with Crippen LogP contribution in [0.15, 0.2) is 48.5 Å². The van der Waals surface area contributed by atoms with Crippen molar-refractivity contribution in [2.75, 3.05) is 5.32 Å². The Hall–Kier alpha value is -1.95. The molecule has 0 spiro atoms. The third-order valence-electron chi connectivity index (χ3n) is 2.94. The van der Waals surface area contributed by atoms with Crippen molar-refractivity contribution in [3.8, 4) is 0 Å². The van der Waals surface area contributed by atoms with E-state index in [1.807, 2.05) is 36.4 Å². The van der Waals surface area contributed by atoms with E-state index < -0.39 is 0 Å². The number of hydrogen-bond donors (Lipinski definition) is 2. The average molecular weight is 320 g/mol. The fraction of sp³-hybridized carbons (Fsp3) is 0.0667. The second-order valence-electron chi connectivity index (χ2n) is 4.35. The van der Waals surface area contributed by atoms with Gasteiger partial charge in [0.05, 0.1) is 10.2 Å². The number of anilines is 1. The number of nitrogens with two attached hydrogens (primary N) is 1. The van der Waals surface area contributed by atoms with Gasteiger partial charge < -0.3 is 5.73 Å². The molecule has 1 aromatic heterocycles. The van der Waals surface area contributed by atoms with Gasteiger partial charge in [-0.2, -0.15) is 0 Å². The Kier molecular flexibility index (Phi) is 4.90. The van der Waals surface area contributed by atoms with Crippen molar-refractivity contribution in [1.29, 1.82) is 0 Å². The fourth-order valence-corrected chi connectivity index (χ4v) is 2.80. The lowest BCUT2D eigenvalue weighted by Crippen LogP contribution is -2.12. The van der Waals surface area contributed by atoms with E-state index in [0.717, 1.165) is 15.8 Å². The smallest absolute Gasteiger partial charge is 0.257 e. The number of para-hydroxylation sites is 1. The second-order valence-corrected chi connectivity index (χ2v) is 5.38. The molecular weight excluding hydrogens is 306 g/mol. The molecule has 0 bridgehead atoms. The molecule has 4 nitrogen and oxygen atoms in total. The van der Waals surface area contributed by atoms with Gasteiger partial charge in [-0.1, -0.05) is 35.6 Å². The van der Waals surface area contributed by atoms with E-state index in [0.29, 0.717) is 17.2 Å². The van der Waals surface area contributed by atoms with Gasteiger partial charge in [-0.3, -0.25) is 10.1 Å². The first kappa shape index (κ1) is 15.4. The lowest BCUT2D eigenvalue weighted by atomic mass is 10.1. The van der Waals surface area contributed by atoms with Crippen LogP contribution in [0.2, 0.25) is 0 Å². The van der Waals surface area contributed by atoms with Gasteiger partial charge in [-0.05, 0) is 29.8 Å². The van der Waals surface area contributed by atoms with E-state index in [1.54, 1.807) is 12.1 Å². The molecule has 1 heterocycles. The van der Waals surface area contributed by atoms with Crippen LogP contribution in [0.3, 0.4) is 0 Å². The van der Waals surface area contributed by atoms with Crippen LogP contribution in [-0.2, 0) is 6.54 Å². The summed E-state index contributed by atoms with van der Waals surface area (Å²) >= 11 is 1.46. The third-order valence-corrected chi connectivity index (χ3v) is 3.89. The van der Waals surface area contributed by atoms with Crippen molar-refractivity contribution in [1.82, 2.24) is 4.98 Å². The number of benzene rings is 2. The van der Waals surface area contributed by atoms with Crippen LogP contribution in [0.5, 0.6) is 0 Å². The number of nitrogens with zero attached hydrogens (tertiary/aromatic N) is 1. The quantitative estimate of drug-likeness (QED) is 0.777. The molecule has 3 N–H and O–H groups in total. The molecule has 0 radical (unpaired) electrons. The normalized spacial score (nSPS) is 10.1. The Labute approximate surface area is 132 Å². The Morgan fingerprint density at radius 1 is 1.19 bits per heavy atom. The van der Waals surface area contributed by atoms with Gasteiger partial charge in [0.25, 0.3) is 5.91 Å². The topological polar surface area (TPSA) is 68.0 Å². The van der Waals surface area contributed by atoms with Crippen LogP contribution in [0.4, 0.5) is 5.13 Å².